The van der Waals surface area contributed by atoms with Crippen molar-refractivity contribution in [3.05, 3.63) is 29.8 Å². The Morgan fingerprint density at radius 2 is 2.07 bits per heavy atom. The van der Waals surface area contributed by atoms with Crippen LogP contribution >= 0.6 is 0 Å². The smallest absolute Gasteiger partial charge is 0.101 e. The van der Waals surface area contributed by atoms with Crippen molar-refractivity contribution in [2.75, 3.05) is 18.4 Å². The lowest BCUT2D eigenvalue weighted by Crippen LogP contribution is -2.31. The Morgan fingerprint density at radius 1 is 1.40 bits per heavy atom. The van der Waals surface area contributed by atoms with Crippen LogP contribution in [0, 0.1) is 16.7 Å². The molecule has 0 saturated carbocycles. The molecule has 0 radical (unpaired) electrons. The molecule has 0 aromatic heterocycles. The van der Waals surface area contributed by atoms with Gasteiger partial charge in [-0.05, 0) is 24.1 Å². The van der Waals surface area contributed by atoms with Crippen molar-refractivity contribution in [1.29, 1.82) is 5.26 Å². The van der Waals surface area contributed by atoms with Crippen LogP contribution in [0.1, 0.15) is 19.4 Å². The van der Waals surface area contributed by atoms with Gasteiger partial charge >= 0.3 is 0 Å². The molecule has 15 heavy (non-hydrogen) atoms. The molecule has 0 unspecified atom stereocenters. The maximum absolute atomic E-state index is 8.89. The Balaban J connectivity index is 2.70. The predicted molar refractivity (Wildman–Crippen MR) is 62.5 cm³/mol. The number of hydrogen-bond donors (Lipinski definition) is 2. The second kappa shape index (κ2) is 4.81. The van der Waals surface area contributed by atoms with Gasteiger partial charge in [0.15, 0.2) is 0 Å². The number of rotatable bonds is 4. The predicted octanol–water partition coefficient (Wildman–Crippen LogP) is 1.96. The fourth-order valence-corrected chi connectivity index (χ4v) is 1.14. The average molecular weight is 203 g/mol. The molecule has 3 N–H and O–H groups in total. The molecule has 0 aliphatic carbocycles. The molecule has 80 valence electrons. The standard InChI is InChI=1S/C12H17N3/c1-12(2,8-14)9-15-11-6-4-3-5-10(11)7-13/h3-6,15H,8-9,14H2,1-2H3. The van der Waals surface area contributed by atoms with E-state index < -0.39 is 0 Å². The summed E-state index contributed by atoms with van der Waals surface area (Å²) in [5.74, 6) is 0. The highest BCUT2D eigenvalue weighted by Gasteiger charge is 2.15. The maximum atomic E-state index is 8.89. The van der Waals surface area contributed by atoms with Crippen LogP contribution in [0.5, 0.6) is 0 Å². The van der Waals surface area contributed by atoms with E-state index in [0.717, 1.165) is 12.2 Å². The molecular formula is C12H17N3. The highest BCUT2D eigenvalue weighted by atomic mass is 14.9. The first-order valence-corrected chi connectivity index (χ1v) is 5.02. The highest BCUT2D eigenvalue weighted by molar-refractivity contribution is 5.57. The normalized spacial score (nSPS) is 10.8. The van der Waals surface area contributed by atoms with E-state index in [2.05, 4.69) is 25.2 Å². The van der Waals surface area contributed by atoms with Gasteiger partial charge in [0, 0.05) is 6.54 Å². The molecule has 3 heteroatoms. The van der Waals surface area contributed by atoms with Crippen LogP contribution in [0.15, 0.2) is 24.3 Å². The van der Waals surface area contributed by atoms with Crippen LogP contribution in [-0.2, 0) is 0 Å². The van der Waals surface area contributed by atoms with Crippen molar-refractivity contribution >= 4 is 5.69 Å². The van der Waals surface area contributed by atoms with E-state index in [1.807, 2.05) is 18.2 Å². The van der Waals surface area contributed by atoms with Crippen LogP contribution in [0.3, 0.4) is 0 Å². The van der Waals surface area contributed by atoms with E-state index in [1.165, 1.54) is 0 Å². The van der Waals surface area contributed by atoms with Crippen LogP contribution in [-0.4, -0.2) is 13.1 Å². The summed E-state index contributed by atoms with van der Waals surface area (Å²) >= 11 is 0. The third kappa shape index (κ3) is 3.26. The minimum atomic E-state index is 0.0442. The molecule has 0 heterocycles. The van der Waals surface area contributed by atoms with E-state index in [-0.39, 0.29) is 5.41 Å². The fourth-order valence-electron chi connectivity index (χ4n) is 1.14. The van der Waals surface area contributed by atoms with Crippen molar-refractivity contribution in [3.63, 3.8) is 0 Å². The van der Waals surface area contributed by atoms with Crippen LogP contribution in [0.2, 0.25) is 0 Å². The molecule has 1 aromatic carbocycles. The van der Waals surface area contributed by atoms with Crippen LogP contribution < -0.4 is 11.1 Å². The second-order valence-electron chi connectivity index (χ2n) is 4.38. The molecule has 0 aliphatic heterocycles. The van der Waals surface area contributed by atoms with Gasteiger partial charge in [-0.3, -0.25) is 0 Å². The molecule has 0 atom stereocenters. The third-order valence-electron chi connectivity index (χ3n) is 2.36. The Morgan fingerprint density at radius 3 is 2.67 bits per heavy atom. The van der Waals surface area contributed by atoms with E-state index in [1.54, 1.807) is 6.07 Å². The molecule has 3 nitrogen and oxygen atoms in total. The number of nitrogens with zero attached hydrogens (tertiary/aromatic N) is 1. The van der Waals surface area contributed by atoms with Crippen molar-refractivity contribution < 1.29 is 0 Å². The minimum Gasteiger partial charge on any atom is -0.383 e. The van der Waals surface area contributed by atoms with E-state index >= 15 is 0 Å². The summed E-state index contributed by atoms with van der Waals surface area (Å²) in [6, 6.07) is 9.64. The fraction of sp³-hybridized carbons (Fsp3) is 0.417. The quantitative estimate of drug-likeness (QED) is 0.786. The Kier molecular flexibility index (Phi) is 3.70. The van der Waals surface area contributed by atoms with E-state index in [9.17, 15) is 0 Å². The van der Waals surface area contributed by atoms with Gasteiger partial charge in [-0.2, -0.15) is 5.26 Å². The van der Waals surface area contributed by atoms with Crippen LogP contribution in [0.25, 0.3) is 0 Å². The zero-order valence-electron chi connectivity index (χ0n) is 9.25. The average Bonchev–Trinajstić information content (AvgIpc) is 2.27. The largest absolute Gasteiger partial charge is 0.383 e. The second-order valence-corrected chi connectivity index (χ2v) is 4.38. The topological polar surface area (TPSA) is 61.8 Å². The number of nitriles is 1. The van der Waals surface area contributed by atoms with Gasteiger partial charge < -0.3 is 11.1 Å². The lowest BCUT2D eigenvalue weighted by atomic mass is 9.94. The van der Waals surface area contributed by atoms with Crippen molar-refractivity contribution in [2.24, 2.45) is 11.1 Å². The van der Waals surface area contributed by atoms with Crippen LogP contribution in [0.4, 0.5) is 5.69 Å². The van der Waals surface area contributed by atoms with Crippen molar-refractivity contribution in [1.82, 2.24) is 0 Å². The number of benzene rings is 1. The third-order valence-corrected chi connectivity index (χ3v) is 2.36. The summed E-state index contributed by atoms with van der Waals surface area (Å²) in [6.07, 6.45) is 0. The molecule has 0 amide bonds. The molecule has 0 bridgehead atoms. The van der Waals surface area contributed by atoms with Crippen molar-refractivity contribution in [3.8, 4) is 6.07 Å². The maximum Gasteiger partial charge on any atom is 0.101 e. The first-order valence-electron chi connectivity index (χ1n) is 5.02. The first-order chi connectivity index (χ1) is 7.09. The molecule has 0 fully saturated rings. The molecule has 0 aliphatic rings. The number of anilines is 1. The summed E-state index contributed by atoms with van der Waals surface area (Å²) in [7, 11) is 0. The number of nitrogens with two attached hydrogens (primary N) is 1. The lowest BCUT2D eigenvalue weighted by molar-refractivity contribution is 0.405. The Labute approximate surface area is 90.9 Å². The highest BCUT2D eigenvalue weighted by Crippen LogP contribution is 2.18. The lowest BCUT2D eigenvalue weighted by Gasteiger charge is -2.23. The minimum absolute atomic E-state index is 0.0442. The van der Waals surface area contributed by atoms with E-state index in [0.29, 0.717) is 12.1 Å². The molecule has 1 rings (SSSR count). The van der Waals surface area contributed by atoms with Gasteiger partial charge in [0.1, 0.15) is 6.07 Å². The van der Waals surface area contributed by atoms with Gasteiger partial charge in [-0.1, -0.05) is 26.0 Å². The van der Waals surface area contributed by atoms with Gasteiger partial charge in [0.25, 0.3) is 0 Å². The summed E-state index contributed by atoms with van der Waals surface area (Å²) in [4.78, 5) is 0. The summed E-state index contributed by atoms with van der Waals surface area (Å²) in [6.45, 7) is 5.57. The summed E-state index contributed by atoms with van der Waals surface area (Å²) < 4.78 is 0. The van der Waals surface area contributed by atoms with E-state index in [4.69, 9.17) is 11.0 Å². The molecule has 1 aromatic rings. The Bertz CT molecular complexity index is 363. The zero-order valence-corrected chi connectivity index (χ0v) is 9.25. The van der Waals surface area contributed by atoms with Crippen molar-refractivity contribution in [2.45, 2.75) is 13.8 Å². The number of nitrogens with one attached hydrogen (secondary N) is 1. The monoisotopic (exact) mass is 203 g/mol. The van der Waals surface area contributed by atoms with Gasteiger partial charge in [-0.15, -0.1) is 0 Å². The number of hydrogen-bond acceptors (Lipinski definition) is 3. The van der Waals surface area contributed by atoms with Gasteiger partial charge in [-0.25, -0.2) is 0 Å². The summed E-state index contributed by atoms with van der Waals surface area (Å²) in [5, 5.41) is 12.1. The molecule has 0 spiro atoms. The molecule has 0 saturated heterocycles. The number of para-hydroxylation sites is 1. The molecular weight excluding hydrogens is 186 g/mol. The van der Waals surface area contributed by atoms with Gasteiger partial charge in [0.05, 0.1) is 11.3 Å². The summed E-state index contributed by atoms with van der Waals surface area (Å²) in [5.41, 5.74) is 7.23. The van der Waals surface area contributed by atoms with Gasteiger partial charge in [0.2, 0.25) is 0 Å². The Hall–Kier alpha value is -1.53. The first kappa shape index (κ1) is 11.5. The zero-order chi connectivity index (χ0) is 11.3. The SMILES string of the molecule is CC(C)(CN)CNc1ccccc1C#N.